The van der Waals surface area contributed by atoms with Crippen LogP contribution in [-0.2, 0) is 4.74 Å². The van der Waals surface area contributed by atoms with Gasteiger partial charge >= 0.3 is 5.97 Å². The molecule has 0 unspecified atom stereocenters. The molecule has 0 aromatic heterocycles. The van der Waals surface area contributed by atoms with Gasteiger partial charge in [-0.3, -0.25) is 4.79 Å². The second-order valence-electron chi connectivity index (χ2n) is 5.60. The fourth-order valence-electron chi connectivity index (χ4n) is 2.85. The van der Waals surface area contributed by atoms with Crippen molar-refractivity contribution in [3.63, 3.8) is 0 Å². The Morgan fingerprint density at radius 2 is 1.86 bits per heavy atom. The monoisotopic (exact) mass is 291 g/mol. The van der Waals surface area contributed by atoms with Crippen LogP contribution in [0.4, 0.5) is 0 Å². The van der Waals surface area contributed by atoms with E-state index in [-0.39, 0.29) is 17.2 Å². The molecule has 1 saturated carbocycles. The summed E-state index contributed by atoms with van der Waals surface area (Å²) >= 11 is 0. The number of carbonyl (C=O) groups is 2. The molecular formula is C16H21NO4. The maximum absolute atomic E-state index is 12.4. The van der Waals surface area contributed by atoms with Crippen LogP contribution >= 0.6 is 0 Å². The van der Waals surface area contributed by atoms with Crippen LogP contribution in [0.3, 0.4) is 0 Å². The lowest BCUT2D eigenvalue weighted by atomic mass is 10.1. The smallest absolute Gasteiger partial charge is 0.338 e. The van der Waals surface area contributed by atoms with Gasteiger partial charge in [0.1, 0.15) is 5.75 Å². The summed E-state index contributed by atoms with van der Waals surface area (Å²) in [5, 5.41) is 9.67. The molecule has 1 N–H and O–H groups in total. The zero-order valence-corrected chi connectivity index (χ0v) is 12.5. The van der Waals surface area contributed by atoms with Crippen molar-refractivity contribution in [2.75, 3.05) is 20.7 Å². The molecule has 1 aromatic rings. The minimum Gasteiger partial charge on any atom is -0.508 e. The van der Waals surface area contributed by atoms with Crippen LogP contribution in [0.5, 0.6) is 5.75 Å². The molecule has 0 aliphatic heterocycles. The summed E-state index contributed by atoms with van der Waals surface area (Å²) in [4.78, 5) is 25.6. The zero-order valence-electron chi connectivity index (χ0n) is 12.5. The van der Waals surface area contributed by atoms with E-state index < -0.39 is 5.97 Å². The Hall–Kier alpha value is -2.04. The van der Waals surface area contributed by atoms with Crippen LogP contribution in [0.25, 0.3) is 0 Å². The molecule has 21 heavy (non-hydrogen) atoms. The van der Waals surface area contributed by atoms with Gasteiger partial charge in [-0.05, 0) is 37.0 Å². The van der Waals surface area contributed by atoms with E-state index in [1.165, 1.54) is 38.2 Å². The van der Waals surface area contributed by atoms with Gasteiger partial charge in [0.05, 0.1) is 12.7 Å². The normalized spacial score (nSPS) is 15.0. The number of aromatic hydroxyl groups is 1. The quantitative estimate of drug-likeness (QED) is 0.865. The number of amides is 1. The number of carbonyl (C=O) groups excluding carboxylic acids is 2. The van der Waals surface area contributed by atoms with E-state index in [2.05, 4.69) is 4.74 Å². The lowest BCUT2D eigenvalue weighted by Gasteiger charge is -2.21. The average Bonchev–Trinajstić information content (AvgIpc) is 2.97. The zero-order chi connectivity index (χ0) is 15.4. The molecule has 114 valence electrons. The lowest BCUT2D eigenvalue weighted by Crippen LogP contribution is -2.31. The first-order valence-corrected chi connectivity index (χ1v) is 7.19. The molecule has 0 atom stereocenters. The van der Waals surface area contributed by atoms with Crippen LogP contribution in [0.2, 0.25) is 0 Å². The number of phenols is 1. The van der Waals surface area contributed by atoms with Gasteiger partial charge in [0.25, 0.3) is 5.91 Å². The van der Waals surface area contributed by atoms with E-state index in [1.807, 2.05) is 0 Å². The number of hydrogen-bond acceptors (Lipinski definition) is 4. The summed E-state index contributed by atoms with van der Waals surface area (Å²) in [6.07, 6.45) is 4.77. The van der Waals surface area contributed by atoms with Gasteiger partial charge < -0.3 is 14.7 Å². The highest BCUT2D eigenvalue weighted by molar-refractivity contribution is 5.98. The van der Waals surface area contributed by atoms with E-state index >= 15 is 0 Å². The minimum atomic E-state index is -0.571. The summed E-state index contributed by atoms with van der Waals surface area (Å²) < 4.78 is 4.62. The van der Waals surface area contributed by atoms with Gasteiger partial charge in [-0.15, -0.1) is 0 Å². The van der Waals surface area contributed by atoms with Gasteiger partial charge in [-0.1, -0.05) is 12.8 Å². The predicted molar refractivity (Wildman–Crippen MR) is 78.4 cm³/mol. The number of ether oxygens (including phenoxy) is 1. The first-order valence-electron chi connectivity index (χ1n) is 7.19. The summed E-state index contributed by atoms with van der Waals surface area (Å²) in [7, 11) is 3.02. The largest absolute Gasteiger partial charge is 0.508 e. The first kappa shape index (κ1) is 15.4. The van der Waals surface area contributed by atoms with Crippen LogP contribution in [0, 0.1) is 5.92 Å². The Morgan fingerprint density at radius 1 is 1.24 bits per heavy atom. The SMILES string of the molecule is COC(=O)c1cc(O)cc(C(=O)N(C)CC2CCCC2)c1. The second kappa shape index (κ2) is 6.61. The maximum atomic E-state index is 12.4. The number of hydrogen-bond donors (Lipinski definition) is 1. The summed E-state index contributed by atoms with van der Waals surface area (Å²) in [5.41, 5.74) is 0.478. The molecule has 1 amide bonds. The lowest BCUT2D eigenvalue weighted by molar-refractivity contribution is 0.0600. The van der Waals surface area contributed by atoms with Crippen molar-refractivity contribution >= 4 is 11.9 Å². The topological polar surface area (TPSA) is 66.8 Å². The molecule has 5 heteroatoms. The van der Waals surface area contributed by atoms with E-state index in [4.69, 9.17) is 0 Å². The van der Waals surface area contributed by atoms with Gasteiger partial charge in [-0.25, -0.2) is 4.79 Å². The van der Waals surface area contributed by atoms with E-state index in [1.54, 1.807) is 11.9 Å². The van der Waals surface area contributed by atoms with Crippen LogP contribution < -0.4 is 0 Å². The number of methoxy groups -OCH3 is 1. The maximum Gasteiger partial charge on any atom is 0.338 e. The Labute approximate surface area is 124 Å². The number of rotatable bonds is 4. The third kappa shape index (κ3) is 3.74. The van der Waals surface area contributed by atoms with Crippen molar-refractivity contribution in [3.05, 3.63) is 29.3 Å². The van der Waals surface area contributed by atoms with Crippen LogP contribution in [0.15, 0.2) is 18.2 Å². The van der Waals surface area contributed by atoms with E-state index in [9.17, 15) is 14.7 Å². The Morgan fingerprint density at radius 3 is 2.48 bits per heavy atom. The third-order valence-electron chi connectivity index (χ3n) is 3.94. The number of esters is 1. The summed E-state index contributed by atoms with van der Waals surface area (Å²) in [6, 6.07) is 4.12. The molecule has 0 heterocycles. The Bertz CT molecular complexity index is 535. The van der Waals surface area contributed by atoms with Crippen molar-refractivity contribution < 1.29 is 19.4 Å². The van der Waals surface area contributed by atoms with E-state index in [0.717, 1.165) is 12.8 Å². The van der Waals surface area contributed by atoms with Crippen molar-refractivity contribution in [3.8, 4) is 5.75 Å². The molecule has 0 bridgehead atoms. The summed E-state index contributed by atoms with van der Waals surface area (Å²) in [6.45, 7) is 0.710. The number of benzene rings is 1. The highest BCUT2D eigenvalue weighted by atomic mass is 16.5. The van der Waals surface area contributed by atoms with Crippen molar-refractivity contribution in [2.24, 2.45) is 5.92 Å². The molecule has 0 saturated heterocycles. The second-order valence-corrected chi connectivity index (χ2v) is 5.60. The van der Waals surface area contributed by atoms with E-state index in [0.29, 0.717) is 18.0 Å². The molecule has 5 nitrogen and oxygen atoms in total. The fourth-order valence-corrected chi connectivity index (χ4v) is 2.85. The molecule has 1 aromatic carbocycles. The van der Waals surface area contributed by atoms with Crippen LogP contribution in [-0.4, -0.2) is 42.6 Å². The van der Waals surface area contributed by atoms with Crippen molar-refractivity contribution in [1.82, 2.24) is 4.90 Å². The third-order valence-corrected chi connectivity index (χ3v) is 3.94. The van der Waals surface area contributed by atoms with Crippen molar-refractivity contribution in [1.29, 1.82) is 0 Å². The highest BCUT2D eigenvalue weighted by Gasteiger charge is 2.21. The van der Waals surface area contributed by atoms with Gasteiger partial charge in [0, 0.05) is 19.2 Å². The first-order chi connectivity index (χ1) is 10.0. The Balaban J connectivity index is 2.13. The number of phenolic OH excluding ortho intramolecular Hbond substituents is 1. The molecular weight excluding hydrogens is 270 g/mol. The molecule has 1 aliphatic carbocycles. The predicted octanol–water partition coefficient (Wildman–Crippen LogP) is 2.44. The molecule has 2 rings (SSSR count). The van der Waals surface area contributed by atoms with Crippen LogP contribution in [0.1, 0.15) is 46.4 Å². The summed E-state index contributed by atoms with van der Waals surface area (Å²) in [5.74, 6) is -0.326. The number of nitrogens with zero attached hydrogens (tertiary/aromatic N) is 1. The highest BCUT2D eigenvalue weighted by Crippen LogP contribution is 2.26. The van der Waals surface area contributed by atoms with Gasteiger partial charge in [0.15, 0.2) is 0 Å². The minimum absolute atomic E-state index is 0.115. The van der Waals surface area contributed by atoms with Crippen molar-refractivity contribution in [2.45, 2.75) is 25.7 Å². The molecule has 0 radical (unpaired) electrons. The van der Waals surface area contributed by atoms with Gasteiger partial charge in [-0.2, -0.15) is 0 Å². The molecule has 0 spiro atoms. The molecule has 1 fully saturated rings. The molecule has 1 aliphatic rings. The Kier molecular flexibility index (Phi) is 4.83. The average molecular weight is 291 g/mol. The standard InChI is InChI=1S/C16H21NO4/c1-17(10-11-5-3-4-6-11)15(19)12-7-13(16(20)21-2)9-14(18)8-12/h7-9,11,18H,3-6,10H2,1-2H3. The fraction of sp³-hybridized carbons (Fsp3) is 0.500. The van der Waals surface area contributed by atoms with Gasteiger partial charge in [0.2, 0.25) is 0 Å².